The zero-order chi connectivity index (χ0) is 13.5. The SMILES string of the molecule is OC(CNCc1cccc(Br)c1)COc1cnsn1. The van der Waals surface area contributed by atoms with Gasteiger partial charge in [0.15, 0.2) is 0 Å². The molecule has 0 aliphatic heterocycles. The average molecular weight is 344 g/mol. The van der Waals surface area contributed by atoms with Crippen LogP contribution in [-0.4, -0.2) is 33.1 Å². The number of aliphatic hydroxyl groups excluding tert-OH is 1. The molecule has 1 atom stereocenters. The van der Waals surface area contributed by atoms with Gasteiger partial charge in [-0.05, 0) is 17.7 Å². The van der Waals surface area contributed by atoms with Crippen LogP contribution in [0.3, 0.4) is 0 Å². The minimum absolute atomic E-state index is 0.205. The third kappa shape index (κ3) is 5.23. The minimum Gasteiger partial charge on any atom is -0.473 e. The number of nitrogens with one attached hydrogen (secondary N) is 1. The molecule has 0 saturated heterocycles. The zero-order valence-corrected chi connectivity index (χ0v) is 12.5. The Balaban J connectivity index is 1.65. The van der Waals surface area contributed by atoms with Crippen LogP contribution in [0.1, 0.15) is 5.56 Å². The van der Waals surface area contributed by atoms with Crippen molar-refractivity contribution in [1.82, 2.24) is 14.1 Å². The molecule has 2 N–H and O–H groups in total. The number of nitrogens with zero attached hydrogens (tertiary/aromatic N) is 2. The fourth-order valence-corrected chi connectivity index (χ4v) is 2.30. The summed E-state index contributed by atoms with van der Waals surface area (Å²) in [5.41, 5.74) is 1.16. The van der Waals surface area contributed by atoms with E-state index in [1.54, 1.807) is 0 Å². The van der Waals surface area contributed by atoms with Gasteiger partial charge in [-0.15, -0.1) is 4.37 Å². The maximum atomic E-state index is 9.74. The summed E-state index contributed by atoms with van der Waals surface area (Å²) < 4.78 is 14.0. The molecule has 7 heteroatoms. The molecule has 102 valence electrons. The van der Waals surface area contributed by atoms with Gasteiger partial charge >= 0.3 is 0 Å². The monoisotopic (exact) mass is 343 g/mol. The topological polar surface area (TPSA) is 67.3 Å². The summed E-state index contributed by atoms with van der Waals surface area (Å²) in [5.74, 6) is 0.455. The van der Waals surface area contributed by atoms with Crippen molar-refractivity contribution in [2.24, 2.45) is 0 Å². The summed E-state index contributed by atoms with van der Waals surface area (Å²) >= 11 is 4.50. The van der Waals surface area contributed by atoms with Crippen molar-refractivity contribution in [1.29, 1.82) is 0 Å². The summed E-state index contributed by atoms with van der Waals surface area (Å²) in [7, 11) is 0. The second-order valence-electron chi connectivity index (χ2n) is 3.97. The van der Waals surface area contributed by atoms with Gasteiger partial charge in [-0.2, -0.15) is 4.37 Å². The maximum Gasteiger partial charge on any atom is 0.245 e. The van der Waals surface area contributed by atoms with Crippen LogP contribution < -0.4 is 10.1 Å². The second kappa shape index (κ2) is 7.54. The van der Waals surface area contributed by atoms with Crippen LogP contribution >= 0.6 is 27.7 Å². The van der Waals surface area contributed by atoms with Crippen LogP contribution in [0, 0.1) is 0 Å². The Bertz CT molecular complexity index is 495. The van der Waals surface area contributed by atoms with Gasteiger partial charge in [-0.1, -0.05) is 28.1 Å². The molecule has 0 aliphatic rings. The highest BCUT2D eigenvalue weighted by Gasteiger charge is 2.06. The van der Waals surface area contributed by atoms with Gasteiger partial charge in [0.25, 0.3) is 0 Å². The Morgan fingerprint density at radius 2 is 2.37 bits per heavy atom. The Morgan fingerprint density at radius 1 is 1.47 bits per heavy atom. The zero-order valence-electron chi connectivity index (χ0n) is 10.1. The van der Waals surface area contributed by atoms with Crippen LogP contribution in [0.4, 0.5) is 0 Å². The summed E-state index contributed by atoms with van der Waals surface area (Å²) in [4.78, 5) is 0. The summed E-state index contributed by atoms with van der Waals surface area (Å²) in [5, 5.41) is 12.9. The Hall–Kier alpha value is -1.02. The van der Waals surface area contributed by atoms with E-state index in [0.717, 1.165) is 21.8 Å². The fourth-order valence-electron chi connectivity index (χ4n) is 1.49. The average Bonchev–Trinajstić information content (AvgIpc) is 2.89. The van der Waals surface area contributed by atoms with Gasteiger partial charge < -0.3 is 15.2 Å². The highest BCUT2D eigenvalue weighted by molar-refractivity contribution is 9.10. The minimum atomic E-state index is -0.575. The molecule has 0 saturated carbocycles. The van der Waals surface area contributed by atoms with E-state index in [-0.39, 0.29) is 6.61 Å². The lowest BCUT2D eigenvalue weighted by Gasteiger charge is -2.12. The largest absolute Gasteiger partial charge is 0.473 e. The van der Waals surface area contributed by atoms with Gasteiger partial charge in [0.2, 0.25) is 5.88 Å². The molecule has 0 spiro atoms. The predicted octanol–water partition coefficient (Wildman–Crippen LogP) is 1.83. The van der Waals surface area contributed by atoms with Gasteiger partial charge in [-0.3, -0.25) is 0 Å². The first-order valence-electron chi connectivity index (χ1n) is 5.77. The number of rotatable bonds is 7. The standard InChI is InChI=1S/C12H14BrN3O2S/c13-10-3-1-2-9(4-10)5-14-6-11(17)8-18-12-7-15-19-16-12/h1-4,7,11,14,17H,5-6,8H2. The molecule has 0 fully saturated rings. The third-order valence-corrected chi connectivity index (χ3v) is 3.32. The summed E-state index contributed by atoms with van der Waals surface area (Å²) in [6.07, 6.45) is 0.959. The van der Waals surface area contributed by atoms with E-state index >= 15 is 0 Å². The van der Waals surface area contributed by atoms with Crippen molar-refractivity contribution in [3.63, 3.8) is 0 Å². The molecule has 19 heavy (non-hydrogen) atoms. The first-order chi connectivity index (χ1) is 9.24. The van der Waals surface area contributed by atoms with E-state index in [0.29, 0.717) is 19.0 Å². The molecule has 1 aromatic carbocycles. The van der Waals surface area contributed by atoms with Crippen LogP contribution in [-0.2, 0) is 6.54 Å². The van der Waals surface area contributed by atoms with Gasteiger partial charge in [0.05, 0.1) is 11.7 Å². The van der Waals surface area contributed by atoms with Crippen molar-refractivity contribution in [3.8, 4) is 5.88 Å². The maximum absolute atomic E-state index is 9.74. The molecule has 0 amide bonds. The van der Waals surface area contributed by atoms with Crippen molar-refractivity contribution in [3.05, 3.63) is 40.5 Å². The molecule has 0 radical (unpaired) electrons. The number of hydrogen-bond donors (Lipinski definition) is 2. The second-order valence-corrected chi connectivity index (χ2v) is 5.44. The lowest BCUT2D eigenvalue weighted by molar-refractivity contribution is 0.104. The van der Waals surface area contributed by atoms with E-state index in [1.165, 1.54) is 6.20 Å². The lowest BCUT2D eigenvalue weighted by Crippen LogP contribution is -2.31. The van der Waals surface area contributed by atoms with Crippen molar-refractivity contribution in [2.45, 2.75) is 12.6 Å². The smallest absolute Gasteiger partial charge is 0.245 e. The Morgan fingerprint density at radius 3 is 3.11 bits per heavy atom. The summed E-state index contributed by atoms with van der Waals surface area (Å²) in [6.45, 7) is 1.37. The Labute approximate surface area is 124 Å². The van der Waals surface area contributed by atoms with Crippen molar-refractivity contribution >= 4 is 27.7 Å². The normalized spacial score (nSPS) is 12.3. The number of halogens is 1. The number of aromatic nitrogens is 2. The molecular weight excluding hydrogens is 330 g/mol. The van der Waals surface area contributed by atoms with Crippen LogP contribution in [0.2, 0.25) is 0 Å². The van der Waals surface area contributed by atoms with Gasteiger partial charge in [0, 0.05) is 17.6 Å². The van der Waals surface area contributed by atoms with E-state index < -0.39 is 6.10 Å². The lowest BCUT2D eigenvalue weighted by atomic mass is 10.2. The third-order valence-electron chi connectivity index (χ3n) is 2.36. The fraction of sp³-hybridized carbons (Fsp3) is 0.333. The van der Waals surface area contributed by atoms with Crippen LogP contribution in [0.5, 0.6) is 5.88 Å². The molecular formula is C12H14BrN3O2S. The summed E-state index contributed by atoms with van der Waals surface area (Å²) in [6, 6.07) is 8.03. The van der Waals surface area contributed by atoms with E-state index in [4.69, 9.17) is 4.74 Å². The molecule has 1 unspecified atom stereocenters. The number of ether oxygens (including phenoxy) is 1. The van der Waals surface area contributed by atoms with E-state index in [1.807, 2.05) is 24.3 Å². The Kier molecular flexibility index (Phi) is 5.71. The van der Waals surface area contributed by atoms with Crippen molar-refractivity contribution in [2.75, 3.05) is 13.2 Å². The highest BCUT2D eigenvalue weighted by Crippen LogP contribution is 2.11. The number of benzene rings is 1. The highest BCUT2D eigenvalue weighted by atomic mass is 79.9. The molecule has 1 aromatic heterocycles. The van der Waals surface area contributed by atoms with E-state index in [2.05, 4.69) is 30.0 Å². The molecule has 2 rings (SSSR count). The first kappa shape index (κ1) is 14.4. The van der Waals surface area contributed by atoms with Gasteiger partial charge in [-0.25, -0.2) is 0 Å². The first-order valence-corrected chi connectivity index (χ1v) is 7.30. The van der Waals surface area contributed by atoms with E-state index in [9.17, 15) is 5.11 Å². The molecule has 0 aliphatic carbocycles. The van der Waals surface area contributed by atoms with Crippen LogP contribution in [0.25, 0.3) is 0 Å². The molecule has 1 heterocycles. The molecule has 5 nitrogen and oxygen atoms in total. The predicted molar refractivity (Wildman–Crippen MR) is 77.3 cm³/mol. The molecule has 0 bridgehead atoms. The molecule has 2 aromatic rings. The number of hydrogen-bond acceptors (Lipinski definition) is 6. The van der Waals surface area contributed by atoms with Crippen LogP contribution in [0.15, 0.2) is 34.9 Å². The van der Waals surface area contributed by atoms with Crippen molar-refractivity contribution < 1.29 is 9.84 Å². The quantitative estimate of drug-likeness (QED) is 0.802. The number of aliphatic hydroxyl groups is 1. The van der Waals surface area contributed by atoms with Gasteiger partial charge in [0.1, 0.15) is 18.9 Å².